The molecule has 7 heteroatoms. The van der Waals surface area contributed by atoms with Crippen molar-refractivity contribution >= 4 is 34.4 Å². The summed E-state index contributed by atoms with van der Waals surface area (Å²) >= 11 is 1.66. The second-order valence-electron chi connectivity index (χ2n) is 6.98. The van der Waals surface area contributed by atoms with Gasteiger partial charge in [-0.3, -0.25) is 13.9 Å². The first-order chi connectivity index (χ1) is 13.3. The molecule has 0 atom stereocenters. The third-order valence-electron chi connectivity index (χ3n) is 4.53. The summed E-state index contributed by atoms with van der Waals surface area (Å²) in [6.07, 6.45) is 0.265. The van der Waals surface area contributed by atoms with E-state index in [9.17, 15) is 9.59 Å². The average molecular weight is 400 g/mol. The predicted molar refractivity (Wildman–Crippen MR) is 114 cm³/mol. The zero-order valence-corrected chi connectivity index (χ0v) is 17.6. The summed E-state index contributed by atoms with van der Waals surface area (Å²) in [5.74, 6) is 0.659. The first-order valence-corrected chi connectivity index (χ1v) is 9.97. The summed E-state index contributed by atoms with van der Waals surface area (Å²) in [6, 6.07) is 11.3. The topological polar surface area (TPSA) is 65.3 Å². The summed E-state index contributed by atoms with van der Waals surface area (Å²) in [7, 11) is 5.11. The molecule has 0 saturated carbocycles. The third-order valence-corrected chi connectivity index (χ3v) is 5.60. The molecule has 0 spiro atoms. The quantitative estimate of drug-likeness (QED) is 0.644. The number of carbonyl (C=O) groups excluding carboxylic acids is 1. The van der Waals surface area contributed by atoms with E-state index >= 15 is 0 Å². The number of hydrogen-bond acceptors (Lipinski definition) is 4. The summed E-state index contributed by atoms with van der Waals surface area (Å²) in [4.78, 5) is 25.9. The molecule has 0 saturated heterocycles. The van der Waals surface area contributed by atoms with E-state index in [2.05, 4.69) is 19.2 Å². The van der Waals surface area contributed by atoms with Crippen molar-refractivity contribution in [1.82, 2.24) is 9.13 Å². The van der Waals surface area contributed by atoms with E-state index < -0.39 is 0 Å². The van der Waals surface area contributed by atoms with Crippen molar-refractivity contribution in [1.29, 1.82) is 0 Å². The first kappa shape index (κ1) is 20.1. The highest BCUT2D eigenvalue weighted by Crippen LogP contribution is 2.34. The van der Waals surface area contributed by atoms with Crippen LogP contribution in [0.3, 0.4) is 0 Å². The Morgan fingerprint density at radius 3 is 2.29 bits per heavy atom. The van der Waals surface area contributed by atoms with Gasteiger partial charge in [-0.1, -0.05) is 26.0 Å². The predicted octanol–water partition coefficient (Wildman–Crippen LogP) is 3.57. The van der Waals surface area contributed by atoms with Gasteiger partial charge < -0.3 is 10.1 Å². The minimum absolute atomic E-state index is 0.0859. The number of anilines is 1. The van der Waals surface area contributed by atoms with E-state index in [1.165, 1.54) is 0 Å². The number of imidazole rings is 1. The molecule has 0 fully saturated rings. The van der Waals surface area contributed by atoms with Crippen molar-refractivity contribution in [3.8, 4) is 5.75 Å². The molecule has 148 valence electrons. The second kappa shape index (κ2) is 8.14. The SMILES string of the molecule is COc1ccc(CC(=O)Nc2cc3c(cc2SC(C)C)n(C)c(=O)n3C)cc1. The van der Waals surface area contributed by atoms with Crippen LogP contribution in [0.1, 0.15) is 19.4 Å². The van der Waals surface area contributed by atoms with Crippen molar-refractivity contribution in [2.75, 3.05) is 12.4 Å². The Kier molecular flexibility index (Phi) is 5.84. The maximum absolute atomic E-state index is 12.6. The van der Waals surface area contributed by atoms with Gasteiger partial charge in [0.15, 0.2) is 0 Å². The summed E-state index contributed by atoms with van der Waals surface area (Å²) in [5, 5.41) is 3.37. The minimum Gasteiger partial charge on any atom is -0.497 e. The van der Waals surface area contributed by atoms with Crippen molar-refractivity contribution in [3.05, 3.63) is 52.4 Å². The lowest BCUT2D eigenvalue weighted by Gasteiger charge is -2.14. The van der Waals surface area contributed by atoms with Gasteiger partial charge in [0.25, 0.3) is 0 Å². The first-order valence-electron chi connectivity index (χ1n) is 9.09. The number of amides is 1. The van der Waals surface area contributed by atoms with Crippen molar-refractivity contribution in [3.63, 3.8) is 0 Å². The number of methoxy groups -OCH3 is 1. The van der Waals surface area contributed by atoms with Crippen molar-refractivity contribution < 1.29 is 9.53 Å². The van der Waals surface area contributed by atoms with Crippen LogP contribution in [0.2, 0.25) is 0 Å². The van der Waals surface area contributed by atoms with Crippen LogP contribution >= 0.6 is 11.8 Å². The molecule has 0 aliphatic carbocycles. The molecule has 0 aliphatic rings. The van der Waals surface area contributed by atoms with Crippen LogP contribution < -0.4 is 15.7 Å². The van der Waals surface area contributed by atoms with Crippen molar-refractivity contribution in [2.24, 2.45) is 14.1 Å². The van der Waals surface area contributed by atoms with Crippen LogP contribution in [0.15, 0.2) is 46.1 Å². The molecule has 2 aromatic carbocycles. The largest absolute Gasteiger partial charge is 0.497 e. The Hall–Kier alpha value is -2.67. The summed E-state index contributed by atoms with van der Waals surface area (Å²) in [6.45, 7) is 4.20. The van der Waals surface area contributed by atoms with E-state index in [4.69, 9.17) is 4.74 Å². The normalized spacial score (nSPS) is 11.2. The fraction of sp³-hybridized carbons (Fsp3) is 0.333. The van der Waals surface area contributed by atoms with E-state index in [1.54, 1.807) is 42.1 Å². The highest BCUT2D eigenvalue weighted by atomic mass is 32.2. The fourth-order valence-electron chi connectivity index (χ4n) is 3.10. The standard InChI is InChI=1S/C21H25N3O3S/c1-13(2)28-19-12-18-17(23(3)21(26)24(18)4)11-16(19)22-20(25)10-14-6-8-15(27-5)9-7-14/h6-9,11-13H,10H2,1-5H3,(H,22,25). The molecule has 28 heavy (non-hydrogen) atoms. The van der Waals surface area contributed by atoms with E-state index in [1.807, 2.05) is 36.4 Å². The monoisotopic (exact) mass is 399 g/mol. The average Bonchev–Trinajstić information content (AvgIpc) is 2.86. The van der Waals surface area contributed by atoms with Crippen LogP contribution in [0.5, 0.6) is 5.75 Å². The molecule has 1 amide bonds. The lowest BCUT2D eigenvalue weighted by molar-refractivity contribution is -0.115. The number of fused-ring (bicyclic) bond motifs is 1. The molecule has 1 aromatic heterocycles. The number of rotatable bonds is 6. The van der Waals surface area contributed by atoms with Gasteiger partial charge in [-0.2, -0.15) is 0 Å². The fourth-order valence-corrected chi connectivity index (χ4v) is 4.02. The smallest absolute Gasteiger partial charge is 0.328 e. The van der Waals surface area contributed by atoms with Gasteiger partial charge >= 0.3 is 5.69 Å². The number of thioether (sulfide) groups is 1. The number of carbonyl (C=O) groups is 1. The molecule has 1 heterocycles. The number of aromatic nitrogens is 2. The molecule has 0 bridgehead atoms. The Labute approximate surface area is 168 Å². The van der Waals surface area contributed by atoms with Crippen LogP contribution in [-0.2, 0) is 25.3 Å². The lowest BCUT2D eigenvalue weighted by Crippen LogP contribution is -2.19. The maximum atomic E-state index is 12.6. The number of nitrogens with zero attached hydrogens (tertiary/aromatic N) is 2. The molecular weight excluding hydrogens is 374 g/mol. The molecule has 0 aliphatic heterocycles. The van der Waals surface area contributed by atoms with Gasteiger partial charge in [-0.05, 0) is 29.8 Å². The van der Waals surface area contributed by atoms with Crippen LogP contribution in [0.4, 0.5) is 5.69 Å². The van der Waals surface area contributed by atoms with Gasteiger partial charge in [-0.15, -0.1) is 11.8 Å². The van der Waals surface area contributed by atoms with Gasteiger partial charge in [0.05, 0.1) is 30.3 Å². The Morgan fingerprint density at radius 1 is 1.11 bits per heavy atom. The van der Waals surface area contributed by atoms with Gasteiger partial charge in [0, 0.05) is 24.2 Å². The van der Waals surface area contributed by atoms with Crippen LogP contribution in [0, 0.1) is 0 Å². The second-order valence-corrected chi connectivity index (χ2v) is 8.60. The van der Waals surface area contributed by atoms with Gasteiger partial charge in [0.1, 0.15) is 5.75 Å². The molecule has 0 radical (unpaired) electrons. The summed E-state index contributed by atoms with van der Waals surface area (Å²) < 4.78 is 8.38. The molecule has 0 unspecified atom stereocenters. The minimum atomic E-state index is -0.101. The molecular formula is C21H25N3O3S. The van der Waals surface area contributed by atoms with Crippen LogP contribution in [-0.4, -0.2) is 27.4 Å². The molecule has 3 aromatic rings. The zero-order chi connectivity index (χ0) is 20.4. The summed E-state index contributed by atoms with van der Waals surface area (Å²) in [5.41, 5.74) is 3.19. The molecule has 6 nitrogen and oxygen atoms in total. The Bertz CT molecular complexity index is 1070. The number of ether oxygens (including phenoxy) is 1. The van der Waals surface area contributed by atoms with E-state index in [0.29, 0.717) is 5.25 Å². The lowest BCUT2D eigenvalue weighted by atomic mass is 10.1. The molecule has 3 rings (SSSR count). The maximum Gasteiger partial charge on any atom is 0.328 e. The Morgan fingerprint density at radius 2 is 1.71 bits per heavy atom. The number of hydrogen-bond donors (Lipinski definition) is 1. The number of aryl methyl sites for hydroxylation is 2. The highest BCUT2D eigenvalue weighted by molar-refractivity contribution is 8.00. The van der Waals surface area contributed by atoms with Gasteiger partial charge in [-0.25, -0.2) is 4.79 Å². The van der Waals surface area contributed by atoms with Crippen molar-refractivity contribution in [2.45, 2.75) is 30.4 Å². The Balaban J connectivity index is 1.92. The highest BCUT2D eigenvalue weighted by Gasteiger charge is 2.16. The third kappa shape index (κ3) is 4.09. The number of nitrogens with one attached hydrogen (secondary N) is 1. The number of benzene rings is 2. The van der Waals surface area contributed by atoms with Gasteiger partial charge in [0.2, 0.25) is 5.91 Å². The van der Waals surface area contributed by atoms with E-state index in [0.717, 1.165) is 32.9 Å². The van der Waals surface area contributed by atoms with E-state index in [-0.39, 0.29) is 18.0 Å². The molecule has 1 N–H and O–H groups in total. The zero-order valence-electron chi connectivity index (χ0n) is 16.8. The van der Waals surface area contributed by atoms with Crippen LogP contribution in [0.25, 0.3) is 11.0 Å².